The van der Waals surface area contributed by atoms with Gasteiger partial charge in [-0.25, -0.2) is 4.79 Å². The minimum atomic E-state index is -0.903. The van der Waals surface area contributed by atoms with Crippen LogP contribution < -0.4 is 16.0 Å². The van der Waals surface area contributed by atoms with Crippen LogP contribution in [0.2, 0.25) is 0 Å². The van der Waals surface area contributed by atoms with E-state index in [-0.39, 0.29) is 11.7 Å². The molecule has 0 bridgehead atoms. The van der Waals surface area contributed by atoms with E-state index < -0.39 is 6.09 Å². The number of likely N-dealkylation sites (tertiary alicyclic amines) is 1. The van der Waals surface area contributed by atoms with Crippen LogP contribution in [0.1, 0.15) is 12.8 Å². The van der Waals surface area contributed by atoms with Gasteiger partial charge in [0.1, 0.15) is 11.9 Å². The smallest absolute Gasteiger partial charge is 0.407 e. The van der Waals surface area contributed by atoms with Gasteiger partial charge in [-0.15, -0.1) is 0 Å². The second-order valence-electron chi connectivity index (χ2n) is 5.75. The molecule has 126 valence electrons. The van der Waals surface area contributed by atoms with Crippen molar-refractivity contribution in [3.63, 3.8) is 0 Å². The lowest BCUT2D eigenvalue weighted by Gasteiger charge is -2.30. The number of ether oxygens (including phenoxy) is 1. The molecule has 0 saturated carbocycles. The molecule has 2 aromatic rings. The summed E-state index contributed by atoms with van der Waals surface area (Å²) in [6.45, 7) is 0.894. The topological polar surface area (TPSA) is 97.8 Å². The highest BCUT2D eigenvalue weighted by atomic mass is 16.5. The number of rotatable bonds is 3. The van der Waals surface area contributed by atoms with Gasteiger partial charge in [-0.05, 0) is 30.3 Å². The van der Waals surface area contributed by atoms with Crippen molar-refractivity contribution in [1.82, 2.24) is 9.47 Å². The molecule has 3 rings (SSSR count). The molecule has 1 saturated heterocycles. The fraction of sp³-hybridized carbons (Fsp3) is 0.294. The van der Waals surface area contributed by atoms with Gasteiger partial charge in [0.25, 0.3) is 5.56 Å². The zero-order chi connectivity index (χ0) is 17.1. The normalized spacial score (nSPS) is 15.2. The first-order chi connectivity index (χ1) is 11.5. The summed E-state index contributed by atoms with van der Waals surface area (Å²) >= 11 is 0. The first kappa shape index (κ1) is 15.9. The molecule has 7 nitrogen and oxygen atoms in total. The number of amides is 1. The van der Waals surface area contributed by atoms with E-state index in [2.05, 4.69) is 0 Å². The number of pyridine rings is 1. The molecule has 1 amide bonds. The van der Waals surface area contributed by atoms with Crippen molar-refractivity contribution in [3.05, 3.63) is 52.9 Å². The number of aromatic nitrogens is 1. The van der Waals surface area contributed by atoms with E-state index in [0.29, 0.717) is 37.4 Å². The number of carbonyl (C=O) groups is 1. The summed E-state index contributed by atoms with van der Waals surface area (Å²) in [4.78, 5) is 24.5. The van der Waals surface area contributed by atoms with Gasteiger partial charge in [-0.1, -0.05) is 0 Å². The molecule has 3 N–H and O–H groups in total. The van der Waals surface area contributed by atoms with E-state index in [4.69, 9.17) is 15.6 Å². The Kier molecular flexibility index (Phi) is 4.41. The molecule has 1 aliphatic heterocycles. The Morgan fingerprint density at radius 3 is 2.42 bits per heavy atom. The molecule has 24 heavy (non-hydrogen) atoms. The zero-order valence-electron chi connectivity index (χ0n) is 13.1. The number of nitrogens with zero attached hydrogens (tertiary/aromatic N) is 2. The van der Waals surface area contributed by atoms with Gasteiger partial charge in [0.05, 0.1) is 0 Å². The highest BCUT2D eigenvalue weighted by Gasteiger charge is 2.23. The van der Waals surface area contributed by atoms with Gasteiger partial charge < -0.3 is 20.5 Å². The quantitative estimate of drug-likeness (QED) is 0.839. The van der Waals surface area contributed by atoms with Crippen molar-refractivity contribution < 1.29 is 14.6 Å². The molecule has 0 atom stereocenters. The molecule has 0 radical (unpaired) electrons. The first-order valence-electron chi connectivity index (χ1n) is 7.76. The maximum absolute atomic E-state index is 12.3. The molecule has 7 heteroatoms. The Hall–Kier alpha value is -2.96. The Morgan fingerprint density at radius 1 is 1.17 bits per heavy atom. The number of benzene rings is 1. The van der Waals surface area contributed by atoms with Crippen LogP contribution in [-0.4, -0.2) is 39.9 Å². The summed E-state index contributed by atoms with van der Waals surface area (Å²) in [6, 6.07) is 10.2. The van der Waals surface area contributed by atoms with Gasteiger partial charge >= 0.3 is 6.09 Å². The first-order valence-corrected chi connectivity index (χ1v) is 7.76. The number of hydrogen-bond donors (Lipinski definition) is 2. The van der Waals surface area contributed by atoms with Crippen LogP contribution in [0.5, 0.6) is 5.75 Å². The highest BCUT2D eigenvalue weighted by molar-refractivity contribution is 5.65. The minimum Gasteiger partial charge on any atom is -0.490 e. The van der Waals surface area contributed by atoms with Crippen LogP contribution in [0, 0.1) is 0 Å². The molecule has 0 spiro atoms. The van der Waals surface area contributed by atoms with E-state index in [0.717, 1.165) is 5.69 Å². The molecule has 0 unspecified atom stereocenters. The van der Waals surface area contributed by atoms with Crippen LogP contribution in [0.4, 0.5) is 10.5 Å². The Bertz CT molecular complexity index is 777. The second kappa shape index (κ2) is 6.66. The average molecular weight is 329 g/mol. The number of anilines is 1. The summed E-state index contributed by atoms with van der Waals surface area (Å²) in [6.07, 6.45) is 1.92. The summed E-state index contributed by atoms with van der Waals surface area (Å²) < 4.78 is 7.33. The molecule has 1 aromatic heterocycles. The van der Waals surface area contributed by atoms with Crippen LogP contribution in [0.15, 0.2) is 47.4 Å². The van der Waals surface area contributed by atoms with E-state index in [1.807, 2.05) is 0 Å². The minimum absolute atomic E-state index is 0.0765. The summed E-state index contributed by atoms with van der Waals surface area (Å²) in [5, 5.41) is 8.94. The maximum Gasteiger partial charge on any atom is 0.407 e. The zero-order valence-corrected chi connectivity index (χ0v) is 13.1. The lowest BCUT2D eigenvalue weighted by atomic mass is 10.1. The Balaban J connectivity index is 1.68. The monoisotopic (exact) mass is 329 g/mol. The van der Waals surface area contributed by atoms with E-state index >= 15 is 0 Å². The lowest BCUT2D eigenvalue weighted by Crippen LogP contribution is -2.41. The Labute approximate surface area is 138 Å². The third-order valence-electron chi connectivity index (χ3n) is 4.08. The molecule has 1 aliphatic rings. The van der Waals surface area contributed by atoms with E-state index in [9.17, 15) is 9.59 Å². The number of piperidine rings is 1. The van der Waals surface area contributed by atoms with Gasteiger partial charge in [-0.2, -0.15) is 0 Å². The number of nitrogen functional groups attached to an aromatic ring is 1. The maximum atomic E-state index is 12.3. The van der Waals surface area contributed by atoms with Crippen LogP contribution in [-0.2, 0) is 0 Å². The molecule has 0 aliphatic carbocycles. The number of hydrogen-bond acceptors (Lipinski definition) is 4. The van der Waals surface area contributed by atoms with Crippen molar-refractivity contribution in [1.29, 1.82) is 0 Å². The summed E-state index contributed by atoms with van der Waals surface area (Å²) in [7, 11) is 0. The highest BCUT2D eigenvalue weighted by Crippen LogP contribution is 2.18. The van der Waals surface area contributed by atoms with Gasteiger partial charge in [0.2, 0.25) is 0 Å². The second-order valence-corrected chi connectivity index (χ2v) is 5.75. The van der Waals surface area contributed by atoms with E-state index in [1.165, 1.54) is 15.5 Å². The van der Waals surface area contributed by atoms with Crippen LogP contribution in [0.25, 0.3) is 5.69 Å². The average Bonchev–Trinajstić information content (AvgIpc) is 2.57. The van der Waals surface area contributed by atoms with Crippen LogP contribution >= 0.6 is 0 Å². The van der Waals surface area contributed by atoms with Gasteiger partial charge in [0, 0.05) is 49.6 Å². The molecular weight excluding hydrogens is 310 g/mol. The molecule has 1 fully saturated rings. The lowest BCUT2D eigenvalue weighted by molar-refractivity contribution is 0.0893. The van der Waals surface area contributed by atoms with Crippen molar-refractivity contribution in [2.75, 3.05) is 18.8 Å². The third kappa shape index (κ3) is 3.51. The standard InChI is InChI=1S/C17H19N3O4/c18-12-1-3-13(4-2-12)20-10-7-15(11-16(20)21)24-14-5-8-19(9-6-14)17(22)23/h1-4,7,10-11,14H,5-6,8-9,18H2,(H,22,23). The fourth-order valence-corrected chi connectivity index (χ4v) is 2.74. The fourth-order valence-electron chi connectivity index (χ4n) is 2.74. The summed E-state index contributed by atoms with van der Waals surface area (Å²) in [5.41, 5.74) is 6.83. The molecule has 2 heterocycles. The molecule has 1 aromatic carbocycles. The largest absolute Gasteiger partial charge is 0.490 e. The predicted octanol–water partition coefficient (Wildman–Crippen LogP) is 1.94. The van der Waals surface area contributed by atoms with Crippen molar-refractivity contribution >= 4 is 11.8 Å². The van der Waals surface area contributed by atoms with Crippen molar-refractivity contribution in [2.24, 2.45) is 0 Å². The molecular formula is C17H19N3O4. The Morgan fingerprint density at radius 2 is 1.83 bits per heavy atom. The van der Waals surface area contributed by atoms with Crippen molar-refractivity contribution in [2.45, 2.75) is 18.9 Å². The predicted molar refractivity (Wildman–Crippen MR) is 89.7 cm³/mol. The number of carboxylic acid groups (broad SMARTS) is 1. The van der Waals surface area contributed by atoms with Gasteiger partial charge in [-0.3, -0.25) is 9.36 Å². The summed E-state index contributed by atoms with van der Waals surface area (Å²) in [5.74, 6) is 0.500. The van der Waals surface area contributed by atoms with Crippen LogP contribution in [0.3, 0.4) is 0 Å². The van der Waals surface area contributed by atoms with Gasteiger partial charge in [0.15, 0.2) is 0 Å². The van der Waals surface area contributed by atoms with E-state index in [1.54, 1.807) is 36.5 Å². The SMILES string of the molecule is Nc1ccc(-n2ccc(OC3CCN(C(=O)O)CC3)cc2=O)cc1. The third-order valence-corrected chi connectivity index (χ3v) is 4.08. The number of nitrogens with two attached hydrogens (primary N) is 1. The van der Waals surface area contributed by atoms with Crippen molar-refractivity contribution in [3.8, 4) is 11.4 Å².